The van der Waals surface area contributed by atoms with E-state index < -0.39 is 0 Å². The molecular formula is C12H19N5O. The van der Waals surface area contributed by atoms with Crippen molar-refractivity contribution in [3.8, 4) is 0 Å². The molecule has 6 heteroatoms. The van der Waals surface area contributed by atoms with Gasteiger partial charge in [-0.2, -0.15) is 0 Å². The molecule has 1 amide bonds. The van der Waals surface area contributed by atoms with Crippen molar-refractivity contribution in [3.63, 3.8) is 0 Å². The molecule has 1 aliphatic heterocycles. The van der Waals surface area contributed by atoms with Crippen LogP contribution in [0.3, 0.4) is 0 Å². The zero-order valence-corrected chi connectivity index (χ0v) is 11.1. The average molecular weight is 249 g/mol. The molecule has 1 aromatic heterocycles. The van der Waals surface area contributed by atoms with E-state index in [-0.39, 0.29) is 5.91 Å². The molecule has 98 valence electrons. The van der Waals surface area contributed by atoms with E-state index in [2.05, 4.69) is 27.5 Å². The monoisotopic (exact) mass is 249 g/mol. The standard InChI is InChI=1S/C12H19N5O/c1-16(2)12(18)10-4-5-11(15-14-10)13-9-6-7-17(3)8-9/h4-5,9H,6-8H2,1-3H3,(H,13,15). The number of carbonyl (C=O) groups excluding carboxylic acids is 1. The number of anilines is 1. The first-order valence-corrected chi connectivity index (χ1v) is 6.06. The number of aromatic nitrogens is 2. The fourth-order valence-corrected chi connectivity index (χ4v) is 2.01. The molecule has 0 saturated carbocycles. The molecule has 1 aromatic rings. The van der Waals surface area contributed by atoms with E-state index >= 15 is 0 Å². The number of carbonyl (C=O) groups is 1. The summed E-state index contributed by atoms with van der Waals surface area (Å²) < 4.78 is 0. The Bertz CT molecular complexity index is 417. The molecule has 1 saturated heterocycles. The number of likely N-dealkylation sites (N-methyl/N-ethyl adjacent to an activating group) is 1. The van der Waals surface area contributed by atoms with Gasteiger partial charge in [-0.15, -0.1) is 10.2 Å². The van der Waals surface area contributed by atoms with Crippen molar-refractivity contribution >= 4 is 11.7 Å². The molecule has 1 unspecified atom stereocenters. The van der Waals surface area contributed by atoms with Crippen LogP contribution in [0.5, 0.6) is 0 Å². The molecule has 0 bridgehead atoms. The lowest BCUT2D eigenvalue weighted by atomic mass is 10.2. The van der Waals surface area contributed by atoms with Crippen LogP contribution < -0.4 is 5.32 Å². The number of hydrogen-bond donors (Lipinski definition) is 1. The number of nitrogens with one attached hydrogen (secondary N) is 1. The summed E-state index contributed by atoms with van der Waals surface area (Å²) in [6, 6.07) is 3.93. The third-order valence-corrected chi connectivity index (χ3v) is 3.03. The Kier molecular flexibility index (Phi) is 3.76. The molecule has 1 aliphatic rings. The van der Waals surface area contributed by atoms with Crippen LogP contribution >= 0.6 is 0 Å². The van der Waals surface area contributed by atoms with Gasteiger partial charge in [-0.25, -0.2) is 0 Å². The Morgan fingerprint density at radius 2 is 2.22 bits per heavy atom. The van der Waals surface area contributed by atoms with Gasteiger partial charge in [0.15, 0.2) is 5.69 Å². The minimum Gasteiger partial charge on any atom is -0.365 e. The summed E-state index contributed by atoms with van der Waals surface area (Å²) in [6.07, 6.45) is 1.11. The van der Waals surface area contributed by atoms with Crippen LogP contribution in [0.4, 0.5) is 5.82 Å². The number of likely N-dealkylation sites (tertiary alicyclic amines) is 1. The molecule has 1 N–H and O–H groups in total. The van der Waals surface area contributed by atoms with E-state index in [1.165, 1.54) is 4.90 Å². The summed E-state index contributed by atoms with van der Waals surface area (Å²) in [5.41, 5.74) is 0.370. The summed E-state index contributed by atoms with van der Waals surface area (Å²) in [7, 11) is 5.50. The van der Waals surface area contributed by atoms with Crippen LogP contribution in [0.1, 0.15) is 16.9 Å². The second-order valence-electron chi connectivity index (χ2n) is 4.90. The topological polar surface area (TPSA) is 61.4 Å². The minimum atomic E-state index is -0.130. The van der Waals surface area contributed by atoms with Crippen LogP contribution in [-0.4, -0.2) is 66.2 Å². The predicted molar refractivity (Wildman–Crippen MR) is 69.6 cm³/mol. The first-order valence-electron chi connectivity index (χ1n) is 6.06. The highest BCUT2D eigenvalue weighted by Crippen LogP contribution is 2.12. The second kappa shape index (κ2) is 5.30. The highest BCUT2D eigenvalue weighted by Gasteiger charge is 2.19. The van der Waals surface area contributed by atoms with E-state index in [1.54, 1.807) is 20.2 Å². The van der Waals surface area contributed by atoms with E-state index in [1.807, 2.05) is 6.07 Å². The van der Waals surface area contributed by atoms with Crippen LogP contribution in [0.15, 0.2) is 12.1 Å². The maximum Gasteiger partial charge on any atom is 0.273 e. The van der Waals surface area contributed by atoms with Gasteiger partial charge in [0.25, 0.3) is 5.91 Å². The predicted octanol–water partition coefficient (Wildman–Crippen LogP) is 0.294. The van der Waals surface area contributed by atoms with E-state index in [9.17, 15) is 4.79 Å². The molecular weight excluding hydrogens is 230 g/mol. The Balaban J connectivity index is 1.97. The van der Waals surface area contributed by atoms with Gasteiger partial charge in [0, 0.05) is 26.7 Å². The smallest absolute Gasteiger partial charge is 0.273 e. The van der Waals surface area contributed by atoms with Crippen molar-refractivity contribution in [3.05, 3.63) is 17.8 Å². The minimum absolute atomic E-state index is 0.130. The number of hydrogen-bond acceptors (Lipinski definition) is 5. The largest absolute Gasteiger partial charge is 0.365 e. The first-order chi connectivity index (χ1) is 8.56. The van der Waals surface area contributed by atoms with E-state index in [4.69, 9.17) is 0 Å². The van der Waals surface area contributed by atoms with Crippen molar-refractivity contribution in [1.82, 2.24) is 20.0 Å². The normalized spacial score (nSPS) is 19.8. The zero-order valence-electron chi connectivity index (χ0n) is 11.1. The highest BCUT2D eigenvalue weighted by molar-refractivity contribution is 5.91. The number of nitrogens with zero attached hydrogens (tertiary/aromatic N) is 4. The fraction of sp³-hybridized carbons (Fsp3) is 0.583. The Hall–Kier alpha value is -1.69. The summed E-state index contributed by atoms with van der Waals surface area (Å²) in [4.78, 5) is 15.4. The fourth-order valence-electron chi connectivity index (χ4n) is 2.01. The molecule has 0 radical (unpaired) electrons. The maximum atomic E-state index is 11.6. The van der Waals surface area contributed by atoms with Gasteiger partial charge in [0.1, 0.15) is 5.82 Å². The summed E-state index contributed by atoms with van der Waals surface area (Å²) >= 11 is 0. The third kappa shape index (κ3) is 2.95. The molecule has 1 fully saturated rings. The van der Waals surface area contributed by atoms with E-state index in [0.29, 0.717) is 11.7 Å². The van der Waals surface area contributed by atoms with Crippen LogP contribution in [0.25, 0.3) is 0 Å². The lowest BCUT2D eigenvalue weighted by Crippen LogP contribution is -2.25. The molecule has 2 heterocycles. The SMILES string of the molecule is CN1CCC(Nc2ccc(C(=O)N(C)C)nn2)C1. The molecule has 18 heavy (non-hydrogen) atoms. The molecule has 0 aromatic carbocycles. The van der Waals surface area contributed by atoms with Crippen molar-refractivity contribution < 1.29 is 4.79 Å². The van der Waals surface area contributed by atoms with Crippen molar-refractivity contribution in [2.24, 2.45) is 0 Å². The Morgan fingerprint density at radius 1 is 1.44 bits per heavy atom. The van der Waals surface area contributed by atoms with Gasteiger partial charge >= 0.3 is 0 Å². The van der Waals surface area contributed by atoms with Crippen molar-refractivity contribution in [2.75, 3.05) is 39.5 Å². The van der Waals surface area contributed by atoms with Gasteiger partial charge in [-0.1, -0.05) is 0 Å². The maximum absolute atomic E-state index is 11.6. The molecule has 1 atom stereocenters. The Labute approximate surface area is 107 Å². The van der Waals surface area contributed by atoms with E-state index in [0.717, 1.165) is 25.3 Å². The third-order valence-electron chi connectivity index (χ3n) is 3.03. The van der Waals surface area contributed by atoms with Gasteiger partial charge in [0.2, 0.25) is 0 Å². The van der Waals surface area contributed by atoms with Gasteiger partial charge in [0.05, 0.1) is 0 Å². The van der Waals surface area contributed by atoms with Crippen molar-refractivity contribution in [2.45, 2.75) is 12.5 Å². The molecule has 2 rings (SSSR count). The number of rotatable bonds is 3. The van der Waals surface area contributed by atoms with Gasteiger partial charge in [-0.3, -0.25) is 4.79 Å². The lowest BCUT2D eigenvalue weighted by Gasteiger charge is -2.13. The van der Waals surface area contributed by atoms with Gasteiger partial charge in [-0.05, 0) is 32.1 Å². The van der Waals surface area contributed by atoms with Crippen LogP contribution in [-0.2, 0) is 0 Å². The molecule has 6 nitrogen and oxygen atoms in total. The summed E-state index contributed by atoms with van der Waals surface area (Å²) in [6.45, 7) is 2.11. The van der Waals surface area contributed by atoms with Crippen molar-refractivity contribution in [1.29, 1.82) is 0 Å². The van der Waals surface area contributed by atoms with Crippen LogP contribution in [0, 0.1) is 0 Å². The number of amides is 1. The first kappa shape index (κ1) is 12.8. The highest BCUT2D eigenvalue weighted by atomic mass is 16.2. The Morgan fingerprint density at radius 3 is 2.72 bits per heavy atom. The van der Waals surface area contributed by atoms with Gasteiger partial charge < -0.3 is 15.1 Å². The summed E-state index contributed by atoms with van der Waals surface area (Å²) in [5, 5.41) is 11.3. The average Bonchev–Trinajstić information content (AvgIpc) is 2.75. The molecule has 0 spiro atoms. The van der Waals surface area contributed by atoms with Crippen LogP contribution in [0.2, 0.25) is 0 Å². The molecule has 0 aliphatic carbocycles. The quantitative estimate of drug-likeness (QED) is 0.834. The lowest BCUT2D eigenvalue weighted by molar-refractivity contribution is 0.0821. The summed E-state index contributed by atoms with van der Waals surface area (Å²) in [5.74, 6) is 0.597. The zero-order chi connectivity index (χ0) is 13.1. The second-order valence-corrected chi connectivity index (χ2v) is 4.90.